The zero-order valence-corrected chi connectivity index (χ0v) is 12.1. The van der Waals surface area contributed by atoms with Crippen molar-refractivity contribution < 1.29 is 18.4 Å². The molecule has 0 atom stereocenters. The number of benzene rings is 2. The van der Waals surface area contributed by atoms with E-state index in [9.17, 15) is 18.4 Å². The molecular weight excluding hydrogens is 304 g/mol. The average Bonchev–Trinajstić information content (AvgIpc) is 2.52. The maximum absolute atomic E-state index is 13.0. The number of halogens is 2. The van der Waals surface area contributed by atoms with Crippen LogP contribution in [-0.4, -0.2) is 18.5 Å². The van der Waals surface area contributed by atoms with Crippen molar-refractivity contribution in [2.75, 3.05) is 17.2 Å². The van der Waals surface area contributed by atoms with Gasteiger partial charge in [-0.2, -0.15) is 0 Å². The van der Waals surface area contributed by atoms with Crippen LogP contribution in [-0.2, 0) is 4.79 Å². The van der Waals surface area contributed by atoms with Gasteiger partial charge in [0.1, 0.15) is 0 Å². The van der Waals surface area contributed by atoms with Gasteiger partial charge in [0.25, 0.3) is 0 Å². The second-order valence-corrected chi connectivity index (χ2v) is 4.67. The van der Waals surface area contributed by atoms with E-state index in [1.807, 2.05) is 6.07 Å². The summed E-state index contributed by atoms with van der Waals surface area (Å²) in [5, 5.41) is 7.55. The van der Waals surface area contributed by atoms with E-state index in [1.165, 1.54) is 6.07 Å². The van der Waals surface area contributed by atoms with Gasteiger partial charge in [0.15, 0.2) is 11.6 Å². The molecule has 0 spiro atoms. The van der Waals surface area contributed by atoms with Crippen LogP contribution in [0.3, 0.4) is 0 Å². The van der Waals surface area contributed by atoms with Crippen LogP contribution in [0.4, 0.5) is 25.0 Å². The molecule has 0 aliphatic heterocycles. The normalized spacial score (nSPS) is 10.0. The van der Waals surface area contributed by atoms with Crippen molar-refractivity contribution in [1.82, 2.24) is 5.32 Å². The highest BCUT2D eigenvalue weighted by molar-refractivity contribution is 5.92. The van der Waals surface area contributed by atoms with Gasteiger partial charge in [-0.25, -0.2) is 13.6 Å². The molecule has 0 saturated heterocycles. The lowest BCUT2D eigenvalue weighted by Gasteiger charge is -2.08. The summed E-state index contributed by atoms with van der Waals surface area (Å²) in [6.07, 6.45) is 0.00120. The van der Waals surface area contributed by atoms with E-state index in [0.717, 1.165) is 12.1 Å². The molecule has 2 rings (SSSR count). The number of hydrogen-bond acceptors (Lipinski definition) is 2. The highest BCUT2D eigenvalue weighted by atomic mass is 19.2. The van der Waals surface area contributed by atoms with E-state index in [4.69, 9.17) is 0 Å². The Bertz CT molecular complexity index is 693. The lowest BCUT2D eigenvalue weighted by atomic mass is 10.3. The maximum atomic E-state index is 13.0. The molecule has 0 fully saturated rings. The summed E-state index contributed by atoms with van der Waals surface area (Å²) in [5.74, 6) is -2.44. The summed E-state index contributed by atoms with van der Waals surface area (Å²) in [6.45, 7) is 0.105. The molecule has 7 heteroatoms. The molecule has 0 aliphatic carbocycles. The largest absolute Gasteiger partial charge is 0.337 e. The van der Waals surface area contributed by atoms with Crippen molar-refractivity contribution in [2.45, 2.75) is 6.42 Å². The summed E-state index contributed by atoms with van der Waals surface area (Å²) >= 11 is 0. The molecule has 0 aliphatic rings. The smallest absolute Gasteiger partial charge is 0.319 e. The molecule has 0 unspecified atom stereocenters. The molecule has 120 valence electrons. The van der Waals surface area contributed by atoms with Gasteiger partial charge in [-0.15, -0.1) is 0 Å². The Kier molecular flexibility index (Phi) is 5.62. The van der Waals surface area contributed by atoms with Crippen molar-refractivity contribution in [3.05, 3.63) is 60.2 Å². The number of amides is 3. The summed E-state index contributed by atoms with van der Waals surface area (Å²) in [7, 11) is 0. The molecule has 0 bridgehead atoms. The van der Waals surface area contributed by atoms with E-state index in [2.05, 4.69) is 16.0 Å². The number of para-hydroxylation sites is 1. The number of nitrogens with one attached hydrogen (secondary N) is 3. The van der Waals surface area contributed by atoms with Gasteiger partial charge in [0, 0.05) is 30.4 Å². The van der Waals surface area contributed by atoms with Crippen LogP contribution >= 0.6 is 0 Å². The van der Waals surface area contributed by atoms with Gasteiger partial charge in [0.05, 0.1) is 0 Å². The fraction of sp³-hybridized carbons (Fsp3) is 0.125. The predicted octanol–water partition coefficient (Wildman–Crippen LogP) is 3.12. The van der Waals surface area contributed by atoms with Crippen molar-refractivity contribution in [2.24, 2.45) is 0 Å². The Balaban J connectivity index is 1.72. The van der Waals surface area contributed by atoms with Crippen molar-refractivity contribution in [3.63, 3.8) is 0 Å². The number of carbonyl (C=O) groups is 2. The van der Waals surface area contributed by atoms with Gasteiger partial charge in [-0.05, 0) is 24.3 Å². The minimum atomic E-state index is -1.04. The molecular formula is C16H15F2N3O2. The van der Waals surface area contributed by atoms with Crippen LogP contribution in [0.2, 0.25) is 0 Å². The van der Waals surface area contributed by atoms with Crippen LogP contribution < -0.4 is 16.0 Å². The van der Waals surface area contributed by atoms with E-state index in [1.54, 1.807) is 24.3 Å². The van der Waals surface area contributed by atoms with Gasteiger partial charge >= 0.3 is 6.03 Å². The number of rotatable bonds is 5. The van der Waals surface area contributed by atoms with Crippen LogP contribution in [0, 0.1) is 11.6 Å². The molecule has 2 aromatic carbocycles. The first-order valence-electron chi connectivity index (χ1n) is 6.89. The highest BCUT2D eigenvalue weighted by Crippen LogP contribution is 2.13. The molecule has 0 saturated carbocycles. The van der Waals surface area contributed by atoms with E-state index in [0.29, 0.717) is 5.69 Å². The van der Waals surface area contributed by atoms with E-state index >= 15 is 0 Å². The summed E-state index contributed by atoms with van der Waals surface area (Å²) in [4.78, 5) is 23.2. The molecule has 5 nitrogen and oxygen atoms in total. The summed E-state index contributed by atoms with van der Waals surface area (Å²) in [6, 6.07) is 11.5. The monoisotopic (exact) mass is 319 g/mol. The fourth-order valence-corrected chi connectivity index (χ4v) is 1.78. The minimum Gasteiger partial charge on any atom is -0.337 e. The first kappa shape index (κ1) is 16.4. The number of anilines is 2. The quantitative estimate of drug-likeness (QED) is 0.792. The lowest BCUT2D eigenvalue weighted by molar-refractivity contribution is -0.116. The number of carbonyl (C=O) groups excluding carboxylic acids is 2. The Morgan fingerprint density at radius 2 is 1.61 bits per heavy atom. The Morgan fingerprint density at radius 3 is 2.30 bits per heavy atom. The zero-order chi connectivity index (χ0) is 16.7. The topological polar surface area (TPSA) is 70.2 Å². The molecule has 3 N–H and O–H groups in total. The second kappa shape index (κ2) is 7.88. The van der Waals surface area contributed by atoms with Gasteiger partial charge in [0.2, 0.25) is 5.91 Å². The third-order valence-electron chi connectivity index (χ3n) is 2.87. The lowest BCUT2D eigenvalue weighted by Crippen LogP contribution is -2.31. The third-order valence-corrected chi connectivity index (χ3v) is 2.87. The second-order valence-electron chi connectivity index (χ2n) is 4.67. The van der Waals surface area contributed by atoms with E-state index in [-0.39, 0.29) is 18.7 Å². The Labute approximate surface area is 131 Å². The van der Waals surface area contributed by atoms with Gasteiger partial charge in [-0.1, -0.05) is 18.2 Å². The van der Waals surface area contributed by atoms with Gasteiger partial charge in [-0.3, -0.25) is 4.79 Å². The highest BCUT2D eigenvalue weighted by Gasteiger charge is 2.07. The van der Waals surface area contributed by atoms with Crippen LogP contribution in [0.15, 0.2) is 48.5 Å². The fourth-order valence-electron chi connectivity index (χ4n) is 1.78. The van der Waals surface area contributed by atoms with Crippen LogP contribution in [0.1, 0.15) is 6.42 Å². The van der Waals surface area contributed by atoms with Crippen molar-refractivity contribution in [3.8, 4) is 0 Å². The number of urea groups is 1. The minimum absolute atomic E-state index is 0.00120. The van der Waals surface area contributed by atoms with E-state index < -0.39 is 23.6 Å². The van der Waals surface area contributed by atoms with Crippen LogP contribution in [0.25, 0.3) is 0 Å². The van der Waals surface area contributed by atoms with Crippen molar-refractivity contribution in [1.29, 1.82) is 0 Å². The molecule has 0 aromatic heterocycles. The van der Waals surface area contributed by atoms with Gasteiger partial charge < -0.3 is 16.0 Å². The molecule has 0 heterocycles. The molecule has 0 radical (unpaired) electrons. The molecule has 3 amide bonds. The Morgan fingerprint density at radius 1 is 0.870 bits per heavy atom. The first-order chi connectivity index (χ1) is 11.0. The van der Waals surface area contributed by atoms with Crippen LogP contribution in [0.5, 0.6) is 0 Å². The third kappa shape index (κ3) is 5.39. The zero-order valence-electron chi connectivity index (χ0n) is 12.1. The summed E-state index contributed by atoms with van der Waals surface area (Å²) < 4.78 is 25.8. The predicted molar refractivity (Wildman–Crippen MR) is 83.1 cm³/mol. The maximum Gasteiger partial charge on any atom is 0.319 e. The average molecular weight is 319 g/mol. The molecule has 23 heavy (non-hydrogen) atoms. The molecule has 2 aromatic rings. The SMILES string of the molecule is O=C(CCNC(=O)Nc1ccccc1)Nc1ccc(F)c(F)c1. The van der Waals surface area contributed by atoms with Crippen molar-refractivity contribution >= 4 is 23.3 Å². The standard InChI is InChI=1S/C16H15F2N3O2/c17-13-7-6-12(10-14(13)18)20-15(22)8-9-19-16(23)21-11-4-2-1-3-5-11/h1-7,10H,8-9H2,(H,20,22)(H2,19,21,23). The first-order valence-corrected chi connectivity index (χ1v) is 6.89. The summed E-state index contributed by atoms with van der Waals surface area (Å²) in [5.41, 5.74) is 0.791. The number of hydrogen-bond donors (Lipinski definition) is 3. The Hall–Kier alpha value is -2.96.